The summed E-state index contributed by atoms with van der Waals surface area (Å²) in [6.45, 7) is 3.67. The fourth-order valence-corrected chi connectivity index (χ4v) is 6.39. The number of nitrogens with one attached hydrogen (secondary N) is 2. The van der Waals surface area contributed by atoms with Crippen LogP contribution >= 0.6 is 0 Å². The molecule has 2 aliphatic rings. The van der Waals surface area contributed by atoms with E-state index in [1.54, 1.807) is 44.2 Å². The third-order valence-corrected chi connectivity index (χ3v) is 9.03. The van der Waals surface area contributed by atoms with E-state index in [0.29, 0.717) is 40.2 Å². The number of aromatic nitrogens is 8. The van der Waals surface area contributed by atoms with Crippen molar-refractivity contribution in [2.24, 2.45) is 0 Å². The Hall–Kier alpha value is -7.43. The Morgan fingerprint density at radius 1 is 0.696 bits per heavy atom. The number of nitrogens with zero attached hydrogens (tertiary/aromatic N) is 8. The molecule has 0 saturated carbocycles. The summed E-state index contributed by atoms with van der Waals surface area (Å²) >= 11 is 0. The highest BCUT2D eigenvalue weighted by atomic mass is 19.1. The van der Waals surface area contributed by atoms with Crippen LogP contribution in [0.2, 0.25) is 0 Å². The minimum absolute atomic E-state index is 0.0427. The summed E-state index contributed by atoms with van der Waals surface area (Å²) in [5, 5.41) is 39.6. The Morgan fingerprint density at radius 2 is 1.20 bits per heavy atom. The van der Waals surface area contributed by atoms with Crippen LogP contribution in [0, 0.1) is 5.82 Å². The number of phenols is 1. The second-order valence-electron chi connectivity index (χ2n) is 12.6. The molecule has 8 rings (SSSR count). The lowest BCUT2D eigenvalue weighted by molar-refractivity contribution is -0.141. The molecule has 16 nitrogen and oxygen atoms in total. The van der Waals surface area contributed by atoms with Crippen molar-refractivity contribution in [2.75, 3.05) is 17.7 Å². The Balaban J connectivity index is 0.000000172. The van der Waals surface area contributed by atoms with Crippen LogP contribution in [0.4, 0.5) is 16.3 Å². The smallest absolute Gasteiger partial charge is 0.338 e. The molecular weight excluding hydrogens is 723 g/mol. The van der Waals surface area contributed by atoms with Gasteiger partial charge in [0.15, 0.2) is 0 Å². The number of phenolic OH excluding ortho intramolecular Hbond substituents is 1. The van der Waals surface area contributed by atoms with Crippen LogP contribution in [0.25, 0.3) is 0 Å². The third kappa shape index (κ3) is 7.50. The van der Waals surface area contributed by atoms with Gasteiger partial charge in [0.05, 0.1) is 23.8 Å². The maximum absolute atomic E-state index is 14.5. The van der Waals surface area contributed by atoms with Crippen molar-refractivity contribution in [2.45, 2.75) is 39.1 Å². The quantitative estimate of drug-likeness (QED) is 0.162. The van der Waals surface area contributed by atoms with Crippen LogP contribution in [0.1, 0.15) is 48.2 Å². The number of anilines is 2. The summed E-state index contributed by atoms with van der Waals surface area (Å²) in [6.07, 6.45) is 0. The fraction of sp³-hybridized carbons (Fsp3) is 0.179. The van der Waals surface area contributed by atoms with E-state index in [0.717, 1.165) is 11.1 Å². The van der Waals surface area contributed by atoms with Crippen LogP contribution in [0.15, 0.2) is 126 Å². The number of esters is 2. The summed E-state index contributed by atoms with van der Waals surface area (Å²) in [6, 6.07) is 28.2. The molecule has 17 heteroatoms. The molecule has 2 aromatic heterocycles. The maximum atomic E-state index is 14.5. The van der Waals surface area contributed by atoms with Gasteiger partial charge in [0.1, 0.15) is 42.6 Å². The van der Waals surface area contributed by atoms with Crippen LogP contribution in [0.5, 0.6) is 11.5 Å². The van der Waals surface area contributed by atoms with E-state index in [1.807, 2.05) is 60.7 Å². The van der Waals surface area contributed by atoms with Gasteiger partial charge in [-0.2, -0.15) is 9.36 Å². The molecule has 4 heterocycles. The SMILES string of the molecule is CC1=C(C(=O)OCc2ccccc2)C(c2ccccc2F)n2nnnc2N1.COc1cccc(O)c1C1C(C(=O)OCc2ccccc2)=C(C)Nc2nnnn21. The number of carbonyl (C=O) groups is 2. The number of methoxy groups -OCH3 is 1. The van der Waals surface area contributed by atoms with Crippen molar-refractivity contribution in [1.29, 1.82) is 0 Å². The molecule has 284 valence electrons. The van der Waals surface area contributed by atoms with Gasteiger partial charge in [-0.15, -0.1) is 0 Å². The Bertz CT molecular complexity index is 2430. The molecule has 4 aromatic carbocycles. The van der Waals surface area contributed by atoms with Gasteiger partial charge in [-0.1, -0.05) is 95.1 Å². The number of hydrogen-bond acceptors (Lipinski definition) is 14. The number of benzene rings is 4. The van der Waals surface area contributed by atoms with E-state index < -0.39 is 29.8 Å². The summed E-state index contributed by atoms with van der Waals surface area (Å²) in [7, 11) is 1.49. The average Bonchev–Trinajstić information content (AvgIpc) is 3.89. The van der Waals surface area contributed by atoms with Crippen LogP contribution in [0.3, 0.4) is 0 Å². The number of allylic oxidation sites excluding steroid dienone is 2. The molecule has 0 fully saturated rings. The lowest BCUT2D eigenvalue weighted by atomic mass is 9.94. The Labute approximate surface area is 319 Å². The van der Waals surface area contributed by atoms with E-state index in [1.165, 1.54) is 28.6 Å². The number of carbonyl (C=O) groups excluding carboxylic acids is 2. The van der Waals surface area contributed by atoms with Crippen LogP contribution in [-0.2, 0) is 32.3 Å². The summed E-state index contributed by atoms with van der Waals surface area (Å²) in [5.74, 6) is -0.517. The Kier molecular flexibility index (Phi) is 10.7. The topological polar surface area (TPSA) is 193 Å². The van der Waals surface area contributed by atoms with E-state index in [2.05, 4.69) is 41.7 Å². The molecule has 2 unspecified atom stereocenters. The van der Waals surface area contributed by atoms with Gasteiger partial charge in [-0.25, -0.2) is 14.0 Å². The first-order chi connectivity index (χ1) is 27.2. The zero-order chi connectivity index (χ0) is 39.2. The van der Waals surface area contributed by atoms with Crippen molar-refractivity contribution < 1.29 is 33.3 Å². The third-order valence-electron chi connectivity index (χ3n) is 9.03. The number of rotatable bonds is 9. The average molecular weight is 759 g/mol. The molecule has 0 amide bonds. The lowest BCUT2D eigenvalue weighted by Gasteiger charge is -2.28. The first-order valence-corrected chi connectivity index (χ1v) is 17.3. The number of halogens is 1. The highest BCUT2D eigenvalue weighted by molar-refractivity contribution is 5.93. The summed E-state index contributed by atoms with van der Waals surface area (Å²) in [4.78, 5) is 26.0. The van der Waals surface area contributed by atoms with Crippen molar-refractivity contribution >= 4 is 23.8 Å². The van der Waals surface area contributed by atoms with E-state index in [4.69, 9.17) is 14.2 Å². The van der Waals surface area contributed by atoms with Crippen LogP contribution in [-0.4, -0.2) is 64.6 Å². The van der Waals surface area contributed by atoms with Crippen molar-refractivity contribution in [3.8, 4) is 11.5 Å². The minimum atomic E-state index is -0.819. The van der Waals surface area contributed by atoms with Gasteiger partial charge in [0.25, 0.3) is 0 Å². The largest absolute Gasteiger partial charge is 0.507 e. The molecule has 56 heavy (non-hydrogen) atoms. The zero-order valence-corrected chi connectivity index (χ0v) is 30.3. The number of aromatic hydroxyl groups is 1. The van der Waals surface area contributed by atoms with Crippen molar-refractivity contribution in [3.05, 3.63) is 154 Å². The zero-order valence-electron chi connectivity index (χ0n) is 30.3. The predicted molar refractivity (Wildman–Crippen MR) is 198 cm³/mol. The van der Waals surface area contributed by atoms with Gasteiger partial charge in [0, 0.05) is 17.0 Å². The van der Waals surface area contributed by atoms with Gasteiger partial charge < -0.3 is 30.0 Å². The molecule has 0 spiro atoms. The predicted octanol–water partition coefficient (Wildman–Crippen LogP) is 5.26. The highest BCUT2D eigenvalue weighted by Crippen LogP contribution is 2.43. The van der Waals surface area contributed by atoms with E-state index in [9.17, 15) is 19.1 Å². The van der Waals surface area contributed by atoms with Gasteiger partial charge in [0.2, 0.25) is 11.9 Å². The molecule has 2 aliphatic heterocycles. The molecule has 0 bridgehead atoms. The summed E-state index contributed by atoms with van der Waals surface area (Å²) < 4.78 is 33.8. The molecular formula is C39H35FN10O6. The number of fused-ring (bicyclic) bond motifs is 2. The second kappa shape index (κ2) is 16.3. The van der Waals surface area contributed by atoms with Crippen molar-refractivity contribution in [3.63, 3.8) is 0 Å². The first kappa shape index (κ1) is 36.9. The standard InChI is InChI=1S/C20H19N5O4.C19H16FN5O2/c1-12-16(19(27)29-11-13-7-4-3-5-8-13)18(25-20(21-12)22-23-24-25)17-14(26)9-6-10-15(17)28-2;1-12-16(18(26)27-11-13-7-3-2-4-8-13)17(14-9-5-6-10-15(14)20)25-19(21-12)22-23-24-25/h3-10,18,26H,11H2,1-2H3,(H,21,22,24);2-10,17H,11H2,1H3,(H,21,22,24). The van der Waals surface area contributed by atoms with Gasteiger partial charge >= 0.3 is 11.9 Å². The normalized spacial score (nSPS) is 15.6. The number of tetrazole rings is 2. The van der Waals surface area contributed by atoms with E-state index >= 15 is 0 Å². The maximum Gasteiger partial charge on any atom is 0.338 e. The summed E-state index contributed by atoms with van der Waals surface area (Å²) in [5.41, 5.74) is 3.97. The van der Waals surface area contributed by atoms with Crippen molar-refractivity contribution in [1.82, 2.24) is 40.4 Å². The number of hydrogen-bond donors (Lipinski definition) is 3. The lowest BCUT2D eigenvalue weighted by Crippen LogP contribution is -2.30. The number of ether oxygens (including phenoxy) is 3. The molecule has 0 radical (unpaired) electrons. The molecule has 0 saturated heterocycles. The molecule has 6 aromatic rings. The molecule has 2 atom stereocenters. The van der Waals surface area contributed by atoms with Gasteiger partial charge in [-0.05, 0) is 64.0 Å². The Morgan fingerprint density at radius 3 is 1.73 bits per heavy atom. The highest BCUT2D eigenvalue weighted by Gasteiger charge is 2.39. The first-order valence-electron chi connectivity index (χ1n) is 17.3. The fourth-order valence-electron chi connectivity index (χ4n) is 6.39. The van der Waals surface area contributed by atoms with Crippen LogP contribution < -0.4 is 15.4 Å². The van der Waals surface area contributed by atoms with E-state index in [-0.39, 0.29) is 30.1 Å². The second-order valence-corrected chi connectivity index (χ2v) is 12.6. The monoisotopic (exact) mass is 758 g/mol. The minimum Gasteiger partial charge on any atom is -0.507 e. The molecule has 0 aliphatic carbocycles. The molecule has 3 N–H and O–H groups in total. The van der Waals surface area contributed by atoms with Gasteiger partial charge in [-0.3, -0.25) is 0 Å².